The molecule has 1 atom stereocenters. The third-order valence-electron chi connectivity index (χ3n) is 7.24. The molecule has 1 unspecified atom stereocenters. The van der Waals surface area contributed by atoms with Crippen LogP contribution in [0.4, 0.5) is 11.4 Å². The van der Waals surface area contributed by atoms with Gasteiger partial charge in [0.2, 0.25) is 5.91 Å². The third-order valence-corrected chi connectivity index (χ3v) is 7.66. The number of ether oxygens (including phenoxy) is 2. The number of benzene rings is 2. The number of nitrogens with one attached hydrogen (secondary N) is 1. The molecule has 2 saturated heterocycles. The number of nitrogens with zero attached hydrogens (tertiary/aromatic N) is 3. The highest BCUT2D eigenvalue weighted by atomic mass is 32.1. The Morgan fingerprint density at radius 1 is 1.03 bits per heavy atom. The van der Waals surface area contributed by atoms with E-state index in [1.807, 2.05) is 4.90 Å². The molecule has 0 radical (unpaired) electrons. The first-order valence-electron chi connectivity index (χ1n) is 13.4. The van der Waals surface area contributed by atoms with Crippen molar-refractivity contribution < 1.29 is 23.9 Å². The molecule has 208 valence electrons. The number of anilines is 2. The van der Waals surface area contributed by atoms with Crippen molar-refractivity contribution in [2.24, 2.45) is 5.92 Å². The number of piperidine rings is 1. The molecule has 0 saturated carbocycles. The number of carbonyl (C=O) groups is 3. The fraction of sp³-hybridized carbons (Fsp3) is 0.448. The van der Waals surface area contributed by atoms with Crippen molar-refractivity contribution >= 4 is 46.5 Å². The number of thiocarbonyl (C=S) groups is 1. The van der Waals surface area contributed by atoms with Gasteiger partial charge < -0.3 is 24.6 Å². The zero-order valence-corrected chi connectivity index (χ0v) is 23.5. The van der Waals surface area contributed by atoms with Crippen LogP contribution in [-0.2, 0) is 14.3 Å². The molecule has 2 amide bonds. The fourth-order valence-electron chi connectivity index (χ4n) is 4.88. The number of methoxy groups -OCH3 is 1. The number of amides is 2. The van der Waals surface area contributed by atoms with Crippen molar-refractivity contribution in [3.05, 3.63) is 54.1 Å². The Kier molecular flexibility index (Phi) is 9.53. The summed E-state index contributed by atoms with van der Waals surface area (Å²) in [6.45, 7) is 7.67. The Bertz CT molecular complexity index is 1180. The average molecular weight is 553 g/mol. The maximum Gasteiger partial charge on any atom is 0.338 e. The quantitative estimate of drug-likeness (QED) is 0.350. The molecule has 2 aromatic carbocycles. The molecule has 1 N–H and O–H groups in total. The summed E-state index contributed by atoms with van der Waals surface area (Å²) in [5.41, 5.74) is 1.57. The second kappa shape index (κ2) is 13.0. The van der Waals surface area contributed by atoms with Gasteiger partial charge in [-0.05, 0) is 99.5 Å². The van der Waals surface area contributed by atoms with Crippen molar-refractivity contribution in [2.45, 2.75) is 39.2 Å². The molecule has 9 nitrogen and oxygen atoms in total. The van der Waals surface area contributed by atoms with Crippen LogP contribution in [0.25, 0.3) is 0 Å². The van der Waals surface area contributed by atoms with Crippen molar-refractivity contribution in [3.8, 4) is 5.75 Å². The van der Waals surface area contributed by atoms with Crippen LogP contribution in [-0.4, -0.2) is 78.6 Å². The molecule has 10 heteroatoms. The second-order valence-electron chi connectivity index (χ2n) is 9.94. The van der Waals surface area contributed by atoms with E-state index in [4.69, 9.17) is 21.7 Å². The van der Waals surface area contributed by atoms with Gasteiger partial charge in [0.15, 0.2) is 5.11 Å². The van der Waals surface area contributed by atoms with Crippen LogP contribution in [0.3, 0.4) is 0 Å². The van der Waals surface area contributed by atoms with Gasteiger partial charge in [-0.25, -0.2) is 4.79 Å². The highest BCUT2D eigenvalue weighted by molar-refractivity contribution is 7.80. The van der Waals surface area contributed by atoms with Gasteiger partial charge in [-0.15, -0.1) is 0 Å². The number of hydrogen-bond acceptors (Lipinski definition) is 7. The molecule has 2 heterocycles. The number of likely N-dealkylation sites (tertiary alicyclic amines) is 1. The molecular weight excluding hydrogens is 516 g/mol. The number of carbonyl (C=O) groups excluding carboxylic acids is 3. The van der Waals surface area contributed by atoms with Gasteiger partial charge in [0, 0.05) is 18.8 Å². The molecule has 0 bridgehead atoms. The van der Waals surface area contributed by atoms with E-state index in [1.165, 1.54) is 4.90 Å². The normalized spacial score (nSPS) is 18.4. The number of esters is 1. The lowest BCUT2D eigenvalue weighted by atomic mass is 9.99. The standard InChI is InChI=1S/C29H36N4O5S/c1-4-38-28(36)21-5-7-22(8-6-21)30-26(34)19-25-27(35)33(23-9-11-24(37-3)12-10-23)29(39)32(25)18-17-31-15-13-20(2)14-16-31/h5-12,20,25H,4,13-19H2,1-3H3,(H,30,34). The number of hydrogen-bond donors (Lipinski definition) is 1. The third kappa shape index (κ3) is 6.93. The Hall–Kier alpha value is -3.50. The molecule has 2 fully saturated rings. The molecular formula is C29H36N4O5S. The molecule has 39 heavy (non-hydrogen) atoms. The van der Waals surface area contributed by atoms with Crippen molar-refractivity contribution in [3.63, 3.8) is 0 Å². The van der Waals surface area contributed by atoms with Gasteiger partial charge in [0.1, 0.15) is 11.8 Å². The van der Waals surface area contributed by atoms with Gasteiger partial charge in [0.25, 0.3) is 5.91 Å². The zero-order chi connectivity index (χ0) is 27.9. The maximum atomic E-state index is 13.7. The minimum Gasteiger partial charge on any atom is -0.497 e. The summed E-state index contributed by atoms with van der Waals surface area (Å²) in [5.74, 6) is 0.443. The first-order valence-corrected chi connectivity index (χ1v) is 13.8. The van der Waals surface area contributed by atoms with E-state index < -0.39 is 12.0 Å². The summed E-state index contributed by atoms with van der Waals surface area (Å²) in [4.78, 5) is 44.4. The van der Waals surface area contributed by atoms with Crippen LogP contribution in [0, 0.1) is 5.92 Å². The van der Waals surface area contributed by atoms with E-state index in [9.17, 15) is 14.4 Å². The van der Waals surface area contributed by atoms with E-state index >= 15 is 0 Å². The molecule has 4 rings (SSSR count). The van der Waals surface area contributed by atoms with Gasteiger partial charge in [-0.2, -0.15) is 0 Å². The molecule has 2 aliphatic rings. The van der Waals surface area contributed by atoms with Crippen molar-refractivity contribution in [1.82, 2.24) is 9.80 Å². The highest BCUT2D eigenvalue weighted by Gasteiger charge is 2.44. The molecule has 2 aromatic rings. The maximum absolute atomic E-state index is 13.7. The van der Waals surface area contributed by atoms with Gasteiger partial charge >= 0.3 is 5.97 Å². The largest absolute Gasteiger partial charge is 0.497 e. The number of rotatable bonds is 10. The molecule has 2 aliphatic heterocycles. The predicted octanol–water partition coefficient (Wildman–Crippen LogP) is 3.93. The van der Waals surface area contributed by atoms with Crippen LogP contribution >= 0.6 is 12.2 Å². The molecule has 0 spiro atoms. The topological polar surface area (TPSA) is 91.4 Å². The summed E-state index contributed by atoms with van der Waals surface area (Å²) in [6, 6.07) is 12.9. The lowest BCUT2D eigenvalue weighted by molar-refractivity contribution is -0.124. The smallest absolute Gasteiger partial charge is 0.338 e. The Morgan fingerprint density at radius 3 is 2.31 bits per heavy atom. The highest BCUT2D eigenvalue weighted by Crippen LogP contribution is 2.29. The van der Waals surface area contributed by atoms with E-state index in [1.54, 1.807) is 62.6 Å². The SMILES string of the molecule is CCOC(=O)c1ccc(NC(=O)CC2C(=O)N(c3ccc(OC)cc3)C(=S)N2CCN2CCC(C)CC2)cc1. The lowest BCUT2D eigenvalue weighted by Gasteiger charge is -2.32. The predicted molar refractivity (Wildman–Crippen MR) is 154 cm³/mol. The summed E-state index contributed by atoms with van der Waals surface area (Å²) in [7, 11) is 1.59. The van der Waals surface area contributed by atoms with Crippen LogP contribution in [0.2, 0.25) is 0 Å². The lowest BCUT2D eigenvalue weighted by Crippen LogP contribution is -2.44. The summed E-state index contributed by atoms with van der Waals surface area (Å²) in [5, 5.41) is 3.24. The van der Waals surface area contributed by atoms with Gasteiger partial charge in [0.05, 0.1) is 31.4 Å². The molecule has 0 aliphatic carbocycles. The summed E-state index contributed by atoms with van der Waals surface area (Å²) >= 11 is 5.79. The van der Waals surface area contributed by atoms with Crippen molar-refractivity contribution in [2.75, 3.05) is 50.1 Å². The minimum atomic E-state index is -0.720. The van der Waals surface area contributed by atoms with Crippen LogP contribution < -0.4 is 15.0 Å². The van der Waals surface area contributed by atoms with E-state index in [0.717, 1.165) is 38.4 Å². The summed E-state index contributed by atoms with van der Waals surface area (Å²) < 4.78 is 10.3. The Labute approximate surface area is 235 Å². The first kappa shape index (κ1) is 28.5. The first-order chi connectivity index (χ1) is 18.8. The fourth-order valence-corrected chi connectivity index (χ4v) is 5.30. The van der Waals surface area contributed by atoms with Crippen LogP contribution in [0.5, 0.6) is 5.75 Å². The van der Waals surface area contributed by atoms with Gasteiger partial charge in [-0.3, -0.25) is 14.5 Å². The van der Waals surface area contributed by atoms with Crippen LogP contribution in [0.1, 0.15) is 43.5 Å². The van der Waals surface area contributed by atoms with Crippen molar-refractivity contribution in [1.29, 1.82) is 0 Å². The second-order valence-corrected chi connectivity index (χ2v) is 10.3. The minimum absolute atomic E-state index is 0.0533. The van der Waals surface area contributed by atoms with Gasteiger partial charge in [-0.1, -0.05) is 6.92 Å². The average Bonchev–Trinajstić information content (AvgIpc) is 3.17. The van der Waals surface area contributed by atoms with E-state index in [-0.39, 0.29) is 24.8 Å². The Morgan fingerprint density at radius 2 is 1.69 bits per heavy atom. The van der Waals surface area contributed by atoms with E-state index in [2.05, 4.69) is 17.1 Å². The zero-order valence-electron chi connectivity index (χ0n) is 22.7. The van der Waals surface area contributed by atoms with Crippen LogP contribution in [0.15, 0.2) is 48.5 Å². The summed E-state index contributed by atoms with van der Waals surface area (Å²) in [6.07, 6.45) is 2.26. The molecule has 0 aromatic heterocycles. The monoisotopic (exact) mass is 552 g/mol. The Balaban J connectivity index is 1.47. The van der Waals surface area contributed by atoms with E-state index in [0.29, 0.717) is 34.3 Å².